The summed E-state index contributed by atoms with van der Waals surface area (Å²) in [7, 11) is 0. The molecule has 4 nitrogen and oxygen atoms in total. The van der Waals surface area contributed by atoms with Crippen LogP contribution < -0.4 is 10.9 Å². The Morgan fingerprint density at radius 3 is 2.54 bits per heavy atom. The first-order chi connectivity index (χ1) is 12.6. The van der Waals surface area contributed by atoms with Crippen molar-refractivity contribution in [2.75, 3.05) is 0 Å². The van der Waals surface area contributed by atoms with Crippen LogP contribution in [0.15, 0.2) is 63.8 Å². The number of fused-ring (bicyclic) bond motifs is 1. The Morgan fingerprint density at radius 2 is 1.85 bits per heavy atom. The fraction of sp³-hybridized carbons (Fsp3) is 0.238. The van der Waals surface area contributed by atoms with E-state index in [0.717, 1.165) is 30.2 Å². The Bertz CT molecular complexity index is 1010. The van der Waals surface area contributed by atoms with E-state index in [0.29, 0.717) is 16.5 Å². The van der Waals surface area contributed by atoms with Crippen LogP contribution in [-0.4, -0.2) is 5.91 Å². The van der Waals surface area contributed by atoms with Crippen LogP contribution in [0.1, 0.15) is 41.2 Å². The molecule has 1 fully saturated rings. The summed E-state index contributed by atoms with van der Waals surface area (Å²) < 4.78 is 5.28. The van der Waals surface area contributed by atoms with Gasteiger partial charge in [-0.15, -0.1) is 0 Å². The standard InChI is InChI=1S/C21H18ClNO3/c22-16-10-8-14(9-11-16)19(13-5-3-6-13)23-20(24)17-12-15-4-1-2-7-18(15)26-21(17)25/h1-2,4,7-13,19H,3,5-6H2,(H,23,24)/t19-/m1/s1. The van der Waals surface area contributed by atoms with Crippen molar-refractivity contribution in [3.8, 4) is 0 Å². The van der Waals surface area contributed by atoms with Gasteiger partial charge < -0.3 is 9.73 Å². The Morgan fingerprint density at radius 1 is 1.12 bits per heavy atom. The quantitative estimate of drug-likeness (QED) is 0.679. The van der Waals surface area contributed by atoms with Gasteiger partial charge in [0, 0.05) is 10.4 Å². The van der Waals surface area contributed by atoms with Crippen LogP contribution in [0.5, 0.6) is 0 Å². The fourth-order valence-electron chi connectivity index (χ4n) is 3.36. The van der Waals surface area contributed by atoms with Gasteiger partial charge in [0.2, 0.25) is 0 Å². The first kappa shape index (κ1) is 16.9. The molecule has 2 aromatic carbocycles. The third kappa shape index (κ3) is 3.25. The minimum absolute atomic E-state index is 0.0296. The highest BCUT2D eigenvalue weighted by atomic mass is 35.5. The van der Waals surface area contributed by atoms with Crippen molar-refractivity contribution < 1.29 is 9.21 Å². The molecule has 1 aliphatic rings. The van der Waals surface area contributed by atoms with Crippen LogP contribution in [-0.2, 0) is 0 Å². The monoisotopic (exact) mass is 367 g/mol. The maximum atomic E-state index is 12.8. The van der Waals surface area contributed by atoms with Gasteiger partial charge in [0.05, 0.1) is 6.04 Å². The lowest BCUT2D eigenvalue weighted by atomic mass is 9.77. The first-order valence-electron chi connectivity index (χ1n) is 8.71. The van der Waals surface area contributed by atoms with Gasteiger partial charge in [-0.1, -0.05) is 48.4 Å². The molecule has 0 bridgehead atoms. The second-order valence-corrected chi connectivity index (χ2v) is 7.12. The van der Waals surface area contributed by atoms with Gasteiger partial charge in [-0.2, -0.15) is 0 Å². The van der Waals surface area contributed by atoms with Gasteiger partial charge in [-0.25, -0.2) is 4.79 Å². The second-order valence-electron chi connectivity index (χ2n) is 6.68. The van der Waals surface area contributed by atoms with Crippen molar-refractivity contribution in [1.82, 2.24) is 5.32 Å². The summed E-state index contributed by atoms with van der Waals surface area (Å²) in [5.41, 5.74) is 0.881. The molecule has 0 saturated heterocycles. The van der Waals surface area contributed by atoms with E-state index in [1.54, 1.807) is 18.2 Å². The minimum atomic E-state index is -0.621. The molecule has 26 heavy (non-hydrogen) atoms. The maximum absolute atomic E-state index is 12.8. The molecule has 4 rings (SSSR count). The van der Waals surface area contributed by atoms with E-state index in [1.807, 2.05) is 36.4 Å². The number of para-hydroxylation sites is 1. The van der Waals surface area contributed by atoms with E-state index in [4.69, 9.17) is 16.0 Å². The highest BCUT2D eigenvalue weighted by Crippen LogP contribution is 2.38. The molecule has 0 spiro atoms. The SMILES string of the molecule is O=C(N[C@@H](c1ccc(Cl)cc1)C1CCC1)c1cc2ccccc2oc1=O. The zero-order valence-electron chi connectivity index (χ0n) is 14.1. The van der Waals surface area contributed by atoms with Crippen molar-refractivity contribution in [2.45, 2.75) is 25.3 Å². The molecule has 1 saturated carbocycles. The molecule has 1 N–H and O–H groups in total. The third-order valence-corrected chi connectivity index (χ3v) is 5.27. The lowest BCUT2D eigenvalue weighted by Crippen LogP contribution is -2.37. The second kappa shape index (κ2) is 6.96. The van der Waals surface area contributed by atoms with Gasteiger partial charge in [0.1, 0.15) is 11.1 Å². The third-order valence-electron chi connectivity index (χ3n) is 5.02. The number of amides is 1. The highest BCUT2D eigenvalue weighted by molar-refractivity contribution is 6.30. The first-order valence-corrected chi connectivity index (χ1v) is 9.09. The number of rotatable bonds is 4. The van der Waals surface area contributed by atoms with E-state index in [2.05, 4.69) is 5.32 Å². The topological polar surface area (TPSA) is 59.3 Å². The summed E-state index contributed by atoms with van der Waals surface area (Å²) in [5, 5.41) is 4.42. The molecule has 5 heteroatoms. The van der Waals surface area contributed by atoms with E-state index in [9.17, 15) is 9.59 Å². The Kier molecular flexibility index (Phi) is 4.51. The Balaban J connectivity index is 1.65. The van der Waals surface area contributed by atoms with Crippen molar-refractivity contribution in [3.05, 3.63) is 81.2 Å². The summed E-state index contributed by atoms with van der Waals surface area (Å²) >= 11 is 5.98. The van der Waals surface area contributed by atoms with Gasteiger partial charge in [-0.05, 0) is 48.6 Å². The zero-order valence-corrected chi connectivity index (χ0v) is 14.8. The lowest BCUT2D eigenvalue weighted by Gasteiger charge is -2.34. The fourth-order valence-corrected chi connectivity index (χ4v) is 3.48. The van der Waals surface area contributed by atoms with E-state index < -0.39 is 11.5 Å². The van der Waals surface area contributed by atoms with Crippen molar-refractivity contribution in [1.29, 1.82) is 0 Å². The van der Waals surface area contributed by atoms with E-state index in [-0.39, 0.29) is 11.6 Å². The Hall–Kier alpha value is -2.59. The number of nitrogens with one attached hydrogen (secondary N) is 1. The van der Waals surface area contributed by atoms with Gasteiger partial charge >= 0.3 is 5.63 Å². The minimum Gasteiger partial charge on any atom is -0.422 e. The Labute approximate surface area is 155 Å². The van der Waals surface area contributed by atoms with Crippen LogP contribution in [0, 0.1) is 5.92 Å². The number of carbonyl (C=O) groups is 1. The van der Waals surface area contributed by atoms with Crippen molar-refractivity contribution in [2.24, 2.45) is 5.92 Å². The maximum Gasteiger partial charge on any atom is 0.349 e. The van der Waals surface area contributed by atoms with Gasteiger partial charge in [0.15, 0.2) is 0 Å². The highest BCUT2D eigenvalue weighted by Gasteiger charge is 2.30. The average Bonchev–Trinajstić information content (AvgIpc) is 2.59. The lowest BCUT2D eigenvalue weighted by molar-refractivity contribution is 0.0897. The predicted molar refractivity (Wildman–Crippen MR) is 101 cm³/mol. The molecular formula is C21H18ClNO3. The summed E-state index contributed by atoms with van der Waals surface area (Å²) in [6.07, 6.45) is 3.27. The van der Waals surface area contributed by atoms with Crippen LogP contribution in [0.2, 0.25) is 5.02 Å². The van der Waals surface area contributed by atoms with Crippen LogP contribution in [0.3, 0.4) is 0 Å². The van der Waals surface area contributed by atoms with E-state index in [1.165, 1.54) is 0 Å². The number of benzene rings is 2. The summed E-state index contributed by atoms with van der Waals surface area (Å²) in [6, 6.07) is 16.1. The number of hydrogen-bond acceptors (Lipinski definition) is 3. The van der Waals surface area contributed by atoms with Crippen molar-refractivity contribution in [3.63, 3.8) is 0 Å². The molecule has 0 aliphatic heterocycles. The average molecular weight is 368 g/mol. The molecule has 1 atom stereocenters. The molecular weight excluding hydrogens is 350 g/mol. The predicted octanol–water partition coefficient (Wildman–Crippen LogP) is 4.72. The summed E-state index contributed by atoms with van der Waals surface area (Å²) in [6.45, 7) is 0. The van der Waals surface area contributed by atoms with Crippen LogP contribution >= 0.6 is 11.6 Å². The van der Waals surface area contributed by atoms with Crippen LogP contribution in [0.25, 0.3) is 11.0 Å². The number of carbonyl (C=O) groups excluding carboxylic acids is 1. The molecule has 1 heterocycles. The largest absolute Gasteiger partial charge is 0.422 e. The van der Waals surface area contributed by atoms with Crippen molar-refractivity contribution >= 4 is 28.5 Å². The number of hydrogen-bond donors (Lipinski definition) is 1. The summed E-state index contributed by atoms with van der Waals surface area (Å²) in [5.74, 6) is -0.0380. The normalized spacial score (nSPS) is 15.4. The molecule has 1 aromatic heterocycles. The number of halogens is 1. The zero-order chi connectivity index (χ0) is 18.1. The molecule has 1 amide bonds. The summed E-state index contributed by atoms with van der Waals surface area (Å²) in [4.78, 5) is 25.1. The van der Waals surface area contributed by atoms with Crippen LogP contribution in [0.4, 0.5) is 0 Å². The smallest absolute Gasteiger partial charge is 0.349 e. The van der Waals surface area contributed by atoms with E-state index >= 15 is 0 Å². The molecule has 1 aliphatic carbocycles. The van der Waals surface area contributed by atoms with Gasteiger partial charge in [-0.3, -0.25) is 4.79 Å². The molecule has 0 unspecified atom stereocenters. The molecule has 3 aromatic rings. The molecule has 0 radical (unpaired) electrons. The van der Waals surface area contributed by atoms with Gasteiger partial charge in [0.25, 0.3) is 5.91 Å². The molecule has 132 valence electrons.